The van der Waals surface area contributed by atoms with Gasteiger partial charge in [0.05, 0.1) is 16.7 Å². The SMILES string of the molecule is CC(C)(N)COc1ccc(C#N)cc1Cl. The molecular weight excluding hydrogens is 212 g/mol. The molecule has 0 aliphatic heterocycles. The Morgan fingerprint density at radius 2 is 2.20 bits per heavy atom. The molecule has 0 radical (unpaired) electrons. The first-order valence-corrected chi connectivity index (χ1v) is 4.91. The molecule has 0 aliphatic carbocycles. The van der Waals surface area contributed by atoms with Gasteiger partial charge in [-0.25, -0.2) is 0 Å². The average Bonchev–Trinajstić information content (AvgIpc) is 2.14. The van der Waals surface area contributed by atoms with Crippen LogP contribution in [0, 0.1) is 11.3 Å². The summed E-state index contributed by atoms with van der Waals surface area (Å²) in [6, 6.07) is 6.90. The lowest BCUT2D eigenvalue weighted by molar-refractivity contribution is 0.243. The molecule has 0 aliphatic rings. The van der Waals surface area contributed by atoms with Crippen LogP contribution < -0.4 is 10.5 Å². The van der Waals surface area contributed by atoms with Crippen LogP contribution in [0.1, 0.15) is 19.4 Å². The van der Waals surface area contributed by atoms with Crippen molar-refractivity contribution in [1.29, 1.82) is 5.26 Å². The van der Waals surface area contributed by atoms with E-state index in [4.69, 9.17) is 27.3 Å². The van der Waals surface area contributed by atoms with E-state index in [0.29, 0.717) is 22.9 Å². The molecule has 0 spiro atoms. The van der Waals surface area contributed by atoms with Crippen LogP contribution in [0.15, 0.2) is 18.2 Å². The van der Waals surface area contributed by atoms with Gasteiger partial charge in [-0.05, 0) is 32.0 Å². The van der Waals surface area contributed by atoms with E-state index in [-0.39, 0.29) is 0 Å². The predicted octanol–water partition coefficient (Wildman–Crippen LogP) is 2.33. The van der Waals surface area contributed by atoms with E-state index in [1.54, 1.807) is 18.2 Å². The molecule has 1 rings (SSSR count). The number of nitrogens with zero attached hydrogens (tertiary/aromatic N) is 1. The first kappa shape index (κ1) is 11.8. The fourth-order valence-corrected chi connectivity index (χ4v) is 1.19. The highest BCUT2D eigenvalue weighted by molar-refractivity contribution is 6.32. The summed E-state index contributed by atoms with van der Waals surface area (Å²) in [7, 11) is 0. The van der Waals surface area contributed by atoms with Gasteiger partial charge in [-0.15, -0.1) is 0 Å². The van der Waals surface area contributed by atoms with Crippen LogP contribution in [0.3, 0.4) is 0 Å². The van der Waals surface area contributed by atoms with Crippen molar-refractivity contribution in [3.8, 4) is 11.8 Å². The van der Waals surface area contributed by atoms with Crippen LogP contribution in [0.4, 0.5) is 0 Å². The van der Waals surface area contributed by atoms with E-state index in [2.05, 4.69) is 0 Å². The van der Waals surface area contributed by atoms with Gasteiger partial charge in [0.1, 0.15) is 12.4 Å². The van der Waals surface area contributed by atoms with Gasteiger partial charge >= 0.3 is 0 Å². The Balaban J connectivity index is 2.76. The van der Waals surface area contributed by atoms with Crippen LogP contribution in [0.2, 0.25) is 5.02 Å². The van der Waals surface area contributed by atoms with Gasteiger partial charge in [0.25, 0.3) is 0 Å². The second-order valence-corrected chi connectivity index (χ2v) is 4.44. The van der Waals surface area contributed by atoms with Crippen molar-refractivity contribution in [2.24, 2.45) is 5.73 Å². The lowest BCUT2D eigenvalue weighted by Crippen LogP contribution is -2.38. The summed E-state index contributed by atoms with van der Waals surface area (Å²) in [5.41, 5.74) is 5.88. The van der Waals surface area contributed by atoms with Crippen molar-refractivity contribution in [1.82, 2.24) is 0 Å². The van der Waals surface area contributed by atoms with Crippen molar-refractivity contribution in [3.05, 3.63) is 28.8 Å². The third kappa shape index (κ3) is 3.78. The molecule has 4 heteroatoms. The molecule has 80 valence electrons. The molecule has 1 aromatic carbocycles. The molecule has 0 saturated heterocycles. The summed E-state index contributed by atoms with van der Waals surface area (Å²) in [5.74, 6) is 0.550. The lowest BCUT2D eigenvalue weighted by Gasteiger charge is -2.19. The van der Waals surface area contributed by atoms with Crippen molar-refractivity contribution >= 4 is 11.6 Å². The summed E-state index contributed by atoms with van der Waals surface area (Å²) < 4.78 is 5.43. The fraction of sp³-hybridized carbons (Fsp3) is 0.364. The van der Waals surface area contributed by atoms with Crippen LogP contribution in [0.25, 0.3) is 0 Å². The maximum absolute atomic E-state index is 8.64. The van der Waals surface area contributed by atoms with Crippen LogP contribution in [-0.4, -0.2) is 12.1 Å². The highest BCUT2D eigenvalue weighted by Gasteiger charge is 2.12. The summed E-state index contributed by atoms with van der Waals surface area (Å²) in [6.45, 7) is 4.10. The molecule has 0 unspecified atom stereocenters. The van der Waals surface area contributed by atoms with Crippen molar-refractivity contribution in [3.63, 3.8) is 0 Å². The van der Waals surface area contributed by atoms with Crippen molar-refractivity contribution < 1.29 is 4.74 Å². The first-order valence-electron chi connectivity index (χ1n) is 4.54. The normalized spacial score (nSPS) is 10.9. The van der Waals surface area contributed by atoms with E-state index in [9.17, 15) is 0 Å². The number of halogens is 1. The monoisotopic (exact) mass is 224 g/mol. The Morgan fingerprint density at radius 3 is 2.67 bits per heavy atom. The van der Waals surface area contributed by atoms with E-state index in [1.807, 2.05) is 19.9 Å². The van der Waals surface area contributed by atoms with Crippen LogP contribution >= 0.6 is 11.6 Å². The minimum Gasteiger partial charge on any atom is -0.490 e. The van der Waals surface area contributed by atoms with Crippen LogP contribution in [0.5, 0.6) is 5.75 Å². The van der Waals surface area contributed by atoms with E-state index < -0.39 is 5.54 Å². The lowest BCUT2D eigenvalue weighted by atomic mass is 10.1. The Kier molecular flexibility index (Phi) is 3.57. The second-order valence-electron chi connectivity index (χ2n) is 4.03. The molecule has 0 saturated carbocycles. The number of benzene rings is 1. The minimum absolute atomic E-state index is 0.374. The molecule has 0 heterocycles. The summed E-state index contributed by atoms with van der Waals surface area (Å²) in [4.78, 5) is 0. The highest BCUT2D eigenvalue weighted by Crippen LogP contribution is 2.25. The molecule has 2 N–H and O–H groups in total. The average molecular weight is 225 g/mol. The van der Waals surface area contributed by atoms with Crippen LogP contribution in [-0.2, 0) is 0 Å². The molecule has 0 bridgehead atoms. The molecule has 3 nitrogen and oxygen atoms in total. The third-order valence-electron chi connectivity index (χ3n) is 1.66. The molecule has 15 heavy (non-hydrogen) atoms. The Bertz CT molecular complexity index is 391. The van der Waals surface area contributed by atoms with Crippen molar-refractivity contribution in [2.75, 3.05) is 6.61 Å². The Hall–Kier alpha value is -1.24. The smallest absolute Gasteiger partial charge is 0.138 e. The largest absolute Gasteiger partial charge is 0.490 e. The third-order valence-corrected chi connectivity index (χ3v) is 1.96. The summed E-state index contributed by atoms with van der Waals surface area (Å²) in [6.07, 6.45) is 0. The number of nitriles is 1. The van der Waals surface area contributed by atoms with E-state index in [0.717, 1.165) is 0 Å². The molecule has 0 atom stereocenters. The molecular formula is C11H13ClN2O. The number of hydrogen-bond donors (Lipinski definition) is 1. The van der Waals surface area contributed by atoms with E-state index in [1.165, 1.54) is 0 Å². The van der Waals surface area contributed by atoms with Crippen molar-refractivity contribution in [2.45, 2.75) is 19.4 Å². The zero-order valence-corrected chi connectivity index (χ0v) is 9.51. The minimum atomic E-state index is -0.406. The first-order chi connectivity index (χ1) is 6.92. The number of hydrogen-bond acceptors (Lipinski definition) is 3. The molecule has 1 aromatic rings. The Labute approximate surface area is 94.4 Å². The zero-order chi connectivity index (χ0) is 11.5. The number of ether oxygens (including phenoxy) is 1. The van der Waals surface area contributed by atoms with Gasteiger partial charge in [0, 0.05) is 5.54 Å². The standard InChI is InChI=1S/C11H13ClN2O/c1-11(2,14)7-15-10-4-3-8(6-13)5-9(10)12/h3-5H,7,14H2,1-2H3. The fourth-order valence-electron chi connectivity index (χ4n) is 0.951. The number of nitrogens with two attached hydrogens (primary N) is 1. The van der Waals surface area contributed by atoms with Gasteiger partial charge in [-0.2, -0.15) is 5.26 Å². The highest BCUT2D eigenvalue weighted by atomic mass is 35.5. The zero-order valence-electron chi connectivity index (χ0n) is 8.75. The van der Waals surface area contributed by atoms with Gasteiger partial charge in [0.2, 0.25) is 0 Å². The maximum Gasteiger partial charge on any atom is 0.138 e. The molecule has 0 amide bonds. The molecule has 0 aromatic heterocycles. The van der Waals surface area contributed by atoms with E-state index >= 15 is 0 Å². The second kappa shape index (κ2) is 4.52. The van der Waals surface area contributed by atoms with Gasteiger partial charge in [0.15, 0.2) is 0 Å². The quantitative estimate of drug-likeness (QED) is 0.857. The van der Waals surface area contributed by atoms with Gasteiger partial charge in [-0.3, -0.25) is 0 Å². The predicted molar refractivity (Wildman–Crippen MR) is 59.9 cm³/mol. The van der Waals surface area contributed by atoms with Gasteiger partial charge in [-0.1, -0.05) is 11.6 Å². The number of rotatable bonds is 3. The maximum atomic E-state index is 8.64. The topological polar surface area (TPSA) is 59.0 Å². The Morgan fingerprint density at radius 1 is 1.53 bits per heavy atom. The molecule has 0 fully saturated rings. The summed E-state index contributed by atoms with van der Waals surface area (Å²) >= 11 is 5.92. The van der Waals surface area contributed by atoms with Gasteiger partial charge < -0.3 is 10.5 Å². The summed E-state index contributed by atoms with van der Waals surface area (Å²) in [5, 5.41) is 9.07.